The van der Waals surface area contributed by atoms with Crippen LogP contribution >= 0.6 is 0 Å². The lowest BCUT2D eigenvalue weighted by Crippen LogP contribution is -2.30. The molecule has 98 valence electrons. The van der Waals surface area contributed by atoms with Crippen LogP contribution in [0.1, 0.15) is 22.8 Å². The molecular weight excluding hydrogens is 232 g/mol. The standard InChI is InChI=1S/C13H18N2O3/c1-8-4-5-10(12(14)16)11(6-8)15(3)7-9(2)13(17)18/h4-6,9H,7H2,1-3H3,(H2,14,16)(H,17,18). The Bertz CT molecular complexity index is 471. The number of amides is 1. The van der Waals surface area contributed by atoms with Crippen molar-refractivity contribution in [2.75, 3.05) is 18.5 Å². The highest BCUT2D eigenvalue weighted by Gasteiger charge is 2.17. The third-order valence-corrected chi connectivity index (χ3v) is 2.80. The Morgan fingerprint density at radius 1 is 1.44 bits per heavy atom. The summed E-state index contributed by atoms with van der Waals surface area (Å²) in [5.74, 6) is -1.90. The van der Waals surface area contributed by atoms with E-state index in [1.807, 2.05) is 13.0 Å². The number of carbonyl (C=O) groups excluding carboxylic acids is 1. The number of carboxylic acids is 1. The number of carbonyl (C=O) groups is 2. The molecule has 0 fully saturated rings. The van der Waals surface area contributed by atoms with E-state index in [1.54, 1.807) is 31.0 Å². The van der Waals surface area contributed by atoms with Crippen molar-refractivity contribution < 1.29 is 14.7 Å². The van der Waals surface area contributed by atoms with Crippen LogP contribution in [0.25, 0.3) is 0 Å². The van der Waals surface area contributed by atoms with Gasteiger partial charge < -0.3 is 15.7 Å². The molecule has 0 saturated heterocycles. The van der Waals surface area contributed by atoms with Gasteiger partial charge in [0.05, 0.1) is 11.5 Å². The van der Waals surface area contributed by atoms with Gasteiger partial charge >= 0.3 is 5.97 Å². The molecule has 1 atom stereocenters. The van der Waals surface area contributed by atoms with Crippen LogP contribution in [0.15, 0.2) is 18.2 Å². The zero-order chi connectivity index (χ0) is 13.9. The van der Waals surface area contributed by atoms with Gasteiger partial charge in [-0.25, -0.2) is 0 Å². The molecule has 18 heavy (non-hydrogen) atoms. The first-order valence-electron chi connectivity index (χ1n) is 5.67. The second-order valence-electron chi connectivity index (χ2n) is 4.50. The molecule has 0 bridgehead atoms. The number of benzene rings is 1. The van der Waals surface area contributed by atoms with Gasteiger partial charge in [0.25, 0.3) is 5.91 Å². The van der Waals surface area contributed by atoms with Crippen molar-refractivity contribution in [3.63, 3.8) is 0 Å². The third-order valence-electron chi connectivity index (χ3n) is 2.80. The summed E-state index contributed by atoms with van der Waals surface area (Å²) in [6, 6.07) is 5.29. The largest absolute Gasteiger partial charge is 0.481 e. The van der Waals surface area contributed by atoms with Crippen LogP contribution in [0.3, 0.4) is 0 Å². The van der Waals surface area contributed by atoms with E-state index < -0.39 is 17.8 Å². The first kappa shape index (κ1) is 14.0. The van der Waals surface area contributed by atoms with Crippen LogP contribution in [0.2, 0.25) is 0 Å². The highest BCUT2D eigenvalue weighted by molar-refractivity contribution is 5.98. The monoisotopic (exact) mass is 250 g/mol. The van der Waals surface area contributed by atoms with E-state index >= 15 is 0 Å². The Labute approximate surface area is 106 Å². The van der Waals surface area contributed by atoms with Gasteiger partial charge in [0, 0.05) is 19.3 Å². The number of nitrogens with two attached hydrogens (primary N) is 1. The molecule has 1 amide bonds. The van der Waals surface area contributed by atoms with Gasteiger partial charge in [-0.1, -0.05) is 13.0 Å². The maximum atomic E-state index is 11.3. The highest BCUT2D eigenvalue weighted by Crippen LogP contribution is 2.21. The minimum Gasteiger partial charge on any atom is -0.481 e. The zero-order valence-electron chi connectivity index (χ0n) is 10.8. The summed E-state index contributed by atoms with van der Waals surface area (Å²) in [6.07, 6.45) is 0. The average molecular weight is 250 g/mol. The number of hydrogen-bond donors (Lipinski definition) is 2. The molecule has 5 nitrogen and oxygen atoms in total. The van der Waals surface area contributed by atoms with Crippen LogP contribution in [-0.4, -0.2) is 30.6 Å². The first-order valence-corrected chi connectivity index (χ1v) is 5.67. The molecule has 1 aromatic rings. The average Bonchev–Trinajstić information content (AvgIpc) is 2.28. The smallest absolute Gasteiger partial charge is 0.308 e. The number of aryl methyl sites for hydroxylation is 1. The van der Waals surface area contributed by atoms with Crippen molar-refractivity contribution >= 4 is 17.6 Å². The Kier molecular flexibility index (Phi) is 4.31. The molecule has 0 spiro atoms. The molecule has 0 aliphatic heterocycles. The number of rotatable bonds is 5. The zero-order valence-corrected chi connectivity index (χ0v) is 10.8. The SMILES string of the molecule is Cc1ccc(C(N)=O)c(N(C)CC(C)C(=O)O)c1. The molecule has 0 heterocycles. The fourth-order valence-electron chi connectivity index (χ4n) is 1.75. The molecule has 1 unspecified atom stereocenters. The van der Waals surface area contributed by atoms with E-state index in [-0.39, 0.29) is 0 Å². The Morgan fingerprint density at radius 2 is 2.06 bits per heavy atom. The van der Waals surface area contributed by atoms with E-state index in [9.17, 15) is 9.59 Å². The quantitative estimate of drug-likeness (QED) is 0.823. The first-order chi connectivity index (χ1) is 8.32. The molecule has 0 saturated carbocycles. The maximum absolute atomic E-state index is 11.3. The summed E-state index contributed by atoms with van der Waals surface area (Å²) in [4.78, 5) is 23.9. The number of anilines is 1. The molecule has 0 aliphatic rings. The Balaban J connectivity index is 3.03. The molecule has 3 N–H and O–H groups in total. The van der Waals surface area contributed by atoms with Gasteiger partial charge in [-0.2, -0.15) is 0 Å². The lowest BCUT2D eigenvalue weighted by Gasteiger charge is -2.23. The van der Waals surface area contributed by atoms with E-state index in [1.165, 1.54) is 0 Å². The second-order valence-corrected chi connectivity index (χ2v) is 4.50. The van der Waals surface area contributed by atoms with Crippen LogP contribution in [0.4, 0.5) is 5.69 Å². The molecular formula is C13H18N2O3. The number of primary amides is 1. The number of nitrogens with zero attached hydrogens (tertiary/aromatic N) is 1. The van der Waals surface area contributed by atoms with Gasteiger partial charge in [0.2, 0.25) is 0 Å². The normalized spacial score (nSPS) is 11.9. The van der Waals surface area contributed by atoms with Crippen molar-refractivity contribution in [3.05, 3.63) is 29.3 Å². The van der Waals surface area contributed by atoms with Crippen LogP contribution < -0.4 is 10.6 Å². The Hall–Kier alpha value is -2.04. The predicted octanol–water partition coefficient (Wildman–Crippen LogP) is 1.25. The molecule has 1 rings (SSSR count). The van der Waals surface area contributed by atoms with Crippen LogP contribution in [0.5, 0.6) is 0 Å². The van der Waals surface area contributed by atoms with Crippen LogP contribution in [-0.2, 0) is 4.79 Å². The summed E-state index contributed by atoms with van der Waals surface area (Å²) < 4.78 is 0. The number of hydrogen-bond acceptors (Lipinski definition) is 3. The van der Waals surface area contributed by atoms with Gasteiger partial charge in [-0.15, -0.1) is 0 Å². The Morgan fingerprint density at radius 3 is 2.56 bits per heavy atom. The summed E-state index contributed by atoms with van der Waals surface area (Å²) >= 11 is 0. The third kappa shape index (κ3) is 3.23. The predicted molar refractivity (Wildman–Crippen MR) is 69.8 cm³/mol. The van der Waals surface area contributed by atoms with E-state index in [0.717, 1.165) is 5.56 Å². The molecule has 1 aromatic carbocycles. The summed E-state index contributed by atoms with van der Waals surface area (Å²) in [5, 5.41) is 8.89. The lowest BCUT2D eigenvalue weighted by molar-refractivity contribution is -0.140. The topological polar surface area (TPSA) is 83.6 Å². The summed E-state index contributed by atoms with van der Waals surface area (Å²) in [5.41, 5.74) is 7.37. The maximum Gasteiger partial charge on any atom is 0.308 e. The van der Waals surface area contributed by atoms with Crippen molar-refractivity contribution in [2.24, 2.45) is 11.7 Å². The molecule has 0 aromatic heterocycles. The molecule has 0 radical (unpaired) electrons. The molecule has 5 heteroatoms. The highest BCUT2D eigenvalue weighted by atomic mass is 16.4. The minimum absolute atomic E-state index is 0.319. The van der Waals surface area contributed by atoms with Crippen molar-refractivity contribution in [3.8, 4) is 0 Å². The second kappa shape index (κ2) is 5.53. The van der Waals surface area contributed by atoms with Crippen molar-refractivity contribution in [1.82, 2.24) is 0 Å². The number of aliphatic carboxylic acids is 1. The van der Waals surface area contributed by atoms with E-state index in [4.69, 9.17) is 10.8 Å². The van der Waals surface area contributed by atoms with Crippen molar-refractivity contribution in [2.45, 2.75) is 13.8 Å². The fraction of sp³-hybridized carbons (Fsp3) is 0.385. The summed E-state index contributed by atoms with van der Waals surface area (Å²) in [6.45, 7) is 3.85. The fourth-order valence-corrected chi connectivity index (χ4v) is 1.75. The van der Waals surface area contributed by atoms with Crippen molar-refractivity contribution in [1.29, 1.82) is 0 Å². The number of carboxylic acid groups (broad SMARTS) is 1. The summed E-state index contributed by atoms with van der Waals surface area (Å²) in [7, 11) is 1.75. The van der Waals surface area contributed by atoms with E-state index in [0.29, 0.717) is 17.8 Å². The van der Waals surface area contributed by atoms with Gasteiger partial charge in [0.15, 0.2) is 0 Å². The van der Waals surface area contributed by atoms with Gasteiger partial charge in [-0.05, 0) is 24.6 Å². The molecule has 0 aliphatic carbocycles. The van der Waals surface area contributed by atoms with Crippen LogP contribution in [0, 0.1) is 12.8 Å². The van der Waals surface area contributed by atoms with E-state index in [2.05, 4.69) is 0 Å². The lowest BCUT2D eigenvalue weighted by atomic mass is 10.1. The van der Waals surface area contributed by atoms with Gasteiger partial charge in [-0.3, -0.25) is 9.59 Å². The van der Waals surface area contributed by atoms with Gasteiger partial charge in [0.1, 0.15) is 0 Å². The minimum atomic E-state index is -0.866.